The Morgan fingerprint density at radius 3 is 2.78 bits per heavy atom. The predicted molar refractivity (Wildman–Crippen MR) is 70.3 cm³/mol. The van der Waals surface area contributed by atoms with Gasteiger partial charge in [-0.15, -0.1) is 0 Å². The summed E-state index contributed by atoms with van der Waals surface area (Å²) in [6.45, 7) is 5.48. The Morgan fingerprint density at radius 1 is 1.33 bits per heavy atom. The lowest BCUT2D eigenvalue weighted by Gasteiger charge is -2.28. The number of methoxy groups -OCH3 is 1. The van der Waals surface area contributed by atoms with Crippen LogP contribution in [0.4, 0.5) is 0 Å². The quantitative estimate of drug-likeness (QED) is 0.867. The molecular formula is C14H21NO3. The Kier molecular flexibility index (Phi) is 4.44. The minimum atomic E-state index is 0.0476. The third kappa shape index (κ3) is 3.15. The second kappa shape index (κ2) is 6.07. The van der Waals surface area contributed by atoms with E-state index in [2.05, 4.69) is 12.2 Å². The number of hydrogen-bond donors (Lipinski definition) is 1. The zero-order valence-electron chi connectivity index (χ0n) is 11.2. The molecule has 1 aliphatic rings. The van der Waals surface area contributed by atoms with Gasteiger partial charge in [-0.3, -0.25) is 0 Å². The standard InChI is InChI=1S/C14H21NO3/c1-10(11(2)16-3)15-8-12-9-17-13-6-4-5-7-14(13)18-12/h4-7,10-12,15H,8-9H2,1-3H3. The highest BCUT2D eigenvalue weighted by Crippen LogP contribution is 2.30. The third-order valence-corrected chi connectivity index (χ3v) is 3.31. The van der Waals surface area contributed by atoms with Gasteiger partial charge in [0.25, 0.3) is 0 Å². The van der Waals surface area contributed by atoms with Gasteiger partial charge in [-0.05, 0) is 26.0 Å². The molecule has 0 amide bonds. The smallest absolute Gasteiger partial charge is 0.161 e. The second-order valence-electron chi connectivity index (χ2n) is 4.64. The SMILES string of the molecule is COC(C)C(C)NCC1COc2ccccc2O1. The summed E-state index contributed by atoms with van der Waals surface area (Å²) < 4.78 is 16.8. The highest BCUT2D eigenvalue weighted by molar-refractivity contribution is 5.40. The average Bonchev–Trinajstić information content (AvgIpc) is 2.43. The van der Waals surface area contributed by atoms with Gasteiger partial charge in [-0.1, -0.05) is 12.1 Å². The first kappa shape index (κ1) is 13.2. The summed E-state index contributed by atoms with van der Waals surface area (Å²) in [7, 11) is 1.72. The molecule has 4 heteroatoms. The van der Waals surface area contributed by atoms with Crippen molar-refractivity contribution < 1.29 is 14.2 Å². The van der Waals surface area contributed by atoms with E-state index < -0.39 is 0 Å². The Hall–Kier alpha value is -1.26. The molecule has 0 radical (unpaired) electrons. The van der Waals surface area contributed by atoms with Crippen LogP contribution in [0.25, 0.3) is 0 Å². The van der Waals surface area contributed by atoms with E-state index in [1.165, 1.54) is 0 Å². The molecule has 0 aromatic heterocycles. The molecule has 18 heavy (non-hydrogen) atoms. The Bertz CT molecular complexity index is 383. The number of rotatable bonds is 5. The summed E-state index contributed by atoms with van der Waals surface area (Å²) in [6, 6.07) is 8.05. The van der Waals surface area contributed by atoms with Crippen LogP contribution in [0.5, 0.6) is 11.5 Å². The zero-order chi connectivity index (χ0) is 13.0. The van der Waals surface area contributed by atoms with Crippen molar-refractivity contribution in [1.82, 2.24) is 5.32 Å². The van der Waals surface area contributed by atoms with Crippen LogP contribution in [-0.4, -0.2) is 38.5 Å². The molecule has 3 atom stereocenters. The summed E-state index contributed by atoms with van der Waals surface area (Å²) in [5.41, 5.74) is 0. The van der Waals surface area contributed by atoms with Crippen molar-refractivity contribution in [2.45, 2.75) is 32.1 Å². The van der Waals surface area contributed by atoms with Gasteiger partial charge in [0.2, 0.25) is 0 Å². The van der Waals surface area contributed by atoms with E-state index in [1.807, 2.05) is 31.2 Å². The minimum Gasteiger partial charge on any atom is -0.486 e. The van der Waals surface area contributed by atoms with Gasteiger partial charge in [-0.25, -0.2) is 0 Å². The molecule has 0 bridgehead atoms. The molecule has 1 aromatic carbocycles. The first-order valence-electron chi connectivity index (χ1n) is 6.35. The van der Waals surface area contributed by atoms with Gasteiger partial charge in [0.05, 0.1) is 6.10 Å². The maximum Gasteiger partial charge on any atom is 0.161 e. The van der Waals surface area contributed by atoms with Crippen molar-refractivity contribution in [2.24, 2.45) is 0 Å². The first-order valence-corrected chi connectivity index (χ1v) is 6.35. The van der Waals surface area contributed by atoms with E-state index in [0.717, 1.165) is 18.0 Å². The molecule has 2 rings (SSSR count). The third-order valence-electron chi connectivity index (χ3n) is 3.31. The maximum absolute atomic E-state index is 5.87. The molecule has 0 aliphatic carbocycles. The molecule has 1 aromatic rings. The Labute approximate surface area is 108 Å². The molecule has 4 nitrogen and oxygen atoms in total. The minimum absolute atomic E-state index is 0.0476. The number of hydrogen-bond acceptors (Lipinski definition) is 4. The zero-order valence-corrected chi connectivity index (χ0v) is 11.2. The van der Waals surface area contributed by atoms with Gasteiger partial charge >= 0.3 is 0 Å². The summed E-state index contributed by atoms with van der Waals surface area (Å²) >= 11 is 0. The molecule has 100 valence electrons. The summed E-state index contributed by atoms with van der Waals surface area (Å²) in [4.78, 5) is 0. The lowest BCUT2D eigenvalue weighted by atomic mass is 10.2. The molecule has 0 spiro atoms. The fourth-order valence-corrected chi connectivity index (χ4v) is 1.85. The van der Waals surface area contributed by atoms with Crippen LogP contribution in [0.15, 0.2) is 24.3 Å². The van der Waals surface area contributed by atoms with Crippen molar-refractivity contribution in [1.29, 1.82) is 0 Å². The van der Waals surface area contributed by atoms with Gasteiger partial charge in [0.15, 0.2) is 11.5 Å². The normalized spacial score (nSPS) is 21.4. The number of nitrogens with one attached hydrogen (secondary N) is 1. The lowest BCUT2D eigenvalue weighted by Crippen LogP contribution is -2.45. The lowest BCUT2D eigenvalue weighted by molar-refractivity contribution is 0.0652. The molecular weight excluding hydrogens is 230 g/mol. The van der Waals surface area contributed by atoms with Gasteiger partial charge < -0.3 is 19.5 Å². The predicted octanol–water partition coefficient (Wildman–Crippen LogP) is 1.84. The van der Waals surface area contributed by atoms with Gasteiger partial charge in [-0.2, -0.15) is 0 Å². The fraction of sp³-hybridized carbons (Fsp3) is 0.571. The van der Waals surface area contributed by atoms with Crippen LogP contribution in [-0.2, 0) is 4.74 Å². The van der Waals surface area contributed by atoms with Crippen LogP contribution in [0, 0.1) is 0 Å². The second-order valence-corrected chi connectivity index (χ2v) is 4.64. The van der Waals surface area contributed by atoms with E-state index in [4.69, 9.17) is 14.2 Å². The Morgan fingerprint density at radius 2 is 2.06 bits per heavy atom. The fourth-order valence-electron chi connectivity index (χ4n) is 1.85. The molecule has 3 unspecified atom stereocenters. The maximum atomic E-state index is 5.87. The van der Waals surface area contributed by atoms with Crippen LogP contribution in [0.2, 0.25) is 0 Å². The molecule has 0 saturated carbocycles. The van der Waals surface area contributed by atoms with Gasteiger partial charge in [0, 0.05) is 19.7 Å². The van der Waals surface area contributed by atoms with E-state index in [0.29, 0.717) is 6.61 Å². The topological polar surface area (TPSA) is 39.7 Å². The van der Waals surface area contributed by atoms with Crippen LogP contribution in [0.1, 0.15) is 13.8 Å². The van der Waals surface area contributed by atoms with Crippen molar-refractivity contribution in [2.75, 3.05) is 20.3 Å². The van der Waals surface area contributed by atoms with Gasteiger partial charge in [0.1, 0.15) is 12.7 Å². The van der Waals surface area contributed by atoms with Crippen molar-refractivity contribution in [3.63, 3.8) is 0 Å². The molecule has 1 aliphatic heterocycles. The van der Waals surface area contributed by atoms with Crippen molar-refractivity contribution >= 4 is 0 Å². The molecule has 1 heterocycles. The summed E-state index contributed by atoms with van der Waals surface area (Å²) in [5.74, 6) is 1.65. The number of fused-ring (bicyclic) bond motifs is 1. The first-order chi connectivity index (χ1) is 8.70. The Balaban J connectivity index is 1.83. The molecule has 0 saturated heterocycles. The molecule has 0 fully saturated rings. The number of para-hydroxylation sites is 2. The van der Waals surface area contributed by atoms with E-state index >= 15 is 0 Å². The summed E-state index contributed by atoms with van der Waals surface area (Å²) in [5, 5.41) is 3.40. The van der Waals surface area contributed by atoms with Crippen molar-refractivity contribution in [3.8, 4) is 11.5 Å². The largest absolute Gasteiger partial charge is 0.486 e. The molecule has 1 N–H and O–H groups in total. The summed E-state index contributed by atoms with van der Waals surface area (Å²) in [6.07, 6.45) is 0.230. The van der Waals surface area contributed by atoms with E-state index in [1.54, 1.807) is 7.11 Å². The number of ether oxygens (including phenoxy) is 3. The van der Waals surface area contributed by atoms with Crippen LogP contribution >= 0.6 is 0 Å². The highest BCUT2D eigenvalue weighted by Gasteiger charge is 2.21. The van der Waals surface area contributed by atoms with E-state index in [9.17, 15) is 0 Å². The monoisotopic (exact) mass is 251 g/mol. The average molecular weight is 251 g/mol. The highest BCUT2D eigenvalue weighted by atomic mass is 16.6. The van der Waals surface area contributed by atoms with E-state index in [-0.39, 0.29) is 18.2 Å². The van der Waals surface area contributed by atoms with Crippen molar-refractivity contribution in [3.05, 3.63) is 24.3 Å². The van der Waals surface area contributed by atoms with Crippen LogP contribution in [0.3, 0.4) is 0 Å². The number of benzene rings is 1. The van der Waals surface area contributed by atoms with Crippen LogP contribution < -0.4 is 14.8 Å².